The van der Waals surface area contributed by atoms with Crippen LogP contribution in [0.1, 0.15) is 32.6 Å². The van der Waals surface area contributed by atoms with Crippen LogP contribution in [0.4, 0.5) is 0 Å². The van der Waals surface area contributed by atoms with E-state index in [-0.39, 0.29) is 0 Å². The number of aliphatic carboxylic acids is 1. The maximum Gasteiger partial charge on any atom is 0.320 e. The zero-order chi connectivity index (χ0) is 11.3. The van der Waals surface area contributed by atoms with Crippen molar-refractivity contribution in [3.05, 3.63) is 0 Å². The van der Waals surface area contributed by atoms with Crippen molar-refractivity contribution in [3.63, 3.8) is 0 Å². The van der Waals surface area contributed by atoms with Crippen molar-refractivity contribution in [1.29, 1.82) is 0 Å². The molecule has 0 aromatic heterocycles. The van der Waals surface area contributed by atoms with Crippen molar-refractivity contribution >= 4 is 5.97 Å². The average molecular weight is 214 g/mol. The molecule has 4 nitrogen and oxygen atoms in total. The van der Waals surface area contributed by atoms with Crippen molar-refractivity contribution in [1.82, 2.24) is 10.2 Å². The lowest BCUT2D eigenvalue weighted by atomic mass is 10.1. The molecule has 1 saturated heterocycles. The van der Waals surface area contributed by atoms with E-state index in [2.05, 4.69) is 17.1 Å². The van der Waals surface area contributed by atoms with E-state index < -0.39 is 12.0 Å². The van der Waals surface area contributed by atoms with Gasteiger partial charge >= 0.3 is 5.97 Å². The minimum atomic E-state index is -0.746. The third-order valence-corrected chi connectivity index (χ3v) is 3.32. The average Bonchev–Trinajstić information content (AvgIpc) is 2.65. The van der Waals surface area contributed by atoms with Gasteiger partial charge in [0.15, 0.2) is 0 Å². The van der Waals surface area contributed by atoms with E-state index in [1.807, 2.05) is 0 Å². The lowest BCUT2D eigenvalue weighted by Gasteiger charge is -2.24. The van der Waals surface area contributed by atoms with Crippen LogP contribution in [0.2, 0.25) is 0 Å². The standard InChI is InChI=1S/C11H22N2O2/c1-3-9-5-4-7-13(9)8-6-10(12-2)11(14)15/h9-10,12H,3-8H2,1-2H3,(H,14,15). The fraction of sp³-hybridized carbons (Fsp3) is 0.909. The highest BCUT2D eigenvalue weighted by atomic mass is 16.4. The molecule has 0 saturated carbocycles. The summed E-state index contributed by atoms with van der Waals surface area (Å²) in [6.45, 7) is 4.24. The van der Waals surface area contributed by atoms with Crippen molar-refractivity contribution in [2.24, 2.45) is 0 Å². The van der Waals surface area contributed by atoms with E-state index in [4.69, 9.17) is 5.11 Å². The van der Waals surface area contributed by atoms with Crippen LogP contribution in [0, 0.1) is 0 Å². The van der Waals surface area contributed by atoms with Gasteiger partial charge in [-0.15, -0.1) is 0 Å². The molecule has 1 aliphatic rings. The summed E-state index contributed by atoms with van der Waals surface area (Å²) in [7, 11) is 1.71. The molecule has 88 valence electrons. The van der Waals surface area contributed by atoms with Crippen LogP contribution in [0.25, 0.3) is 0 Å². The van der Waals surface area contributed by atoms with Gasteiger partial charge in [0.25, 0.3) is 0 Å². The monoisotopic (exact) mass is 214 g/mol. The number of nitrogens with zero attached hydrogens (tertiary/aromatic N) is 1. The van der Waals surface area contributed by atoms with Gasteiger partial charge in [-0.1, -0.05) is 6.92 Å². The molecule has 0 bridgehead atoms. The smallest absolute Gasteiger partial charge is 0.320 e. The van der Waals surface area contributed by atoms with Crippen LogP contribution in [-0.2, 0) is 4.79 Å². The second-order valence-electron chi connectivity index (χ2n) is 4.21. The number of likely N-dealkylation sites (tertiary alicyclic amines) is 1. The third-order valence-electron chi connectivity index (χ3n) is 3.32. The molecule has 0 spiro atoms. The third kappa shape index (κ3) is 3.47. The van der Waals surface area contributed by atoms with E-state index in [9.17, 15) is 4.79 Å². The molecular formula is C11H22N2O2. The molecule has 0 aromatic rings. The first kappa shape index (κ1) is 12.5. The van der Waals surface area contributed by atoms with Crippen LogP contribution < -0.4 is 5.32 Å². The Morgan fingerprint density at radius 1 is 1.67 bits per heavy atom. The minimum absolute atomic E-state index is 0.400. The van der Waals surface area contributed by atoms with Crippen LogP contribution in [0.5, 0.6) is 0 Å². The topological polar surface area (TPSA) is 52.6 Å². The van der Waals surface area contributed by atoms with E-state index in [1.165, 1.54) is 19.3 Å². The lowest BCUT2D eigenvalue weighted by molar-refractivity contribution is -0.139. The van der Waals surface area contributed by atoms with Crippen LogP contribution >= 0.6 is 0 Å². The summed E-state index contributed by atoms with van der Waals surface area (Å²) >= 11 is 0. The van der Waals surface area contributed by atoms with Gasteiger partial charge in [0.05, 0.1) is 0 Å². The highest BCUT2D eigenvalue weighted by molar-refractivity contribution is 5.73. The van der Waals surface area contributed by atoms with Gasteiger partial charge < -0.3 is 15.3 Å². The molecule has 0 amide bonds. The molecule has 1 heterocycles. The normalized spacial score (nSPS) is 24.3. The summed E-state index contributed by atoms with van der Waals surface area (Å²) in [6.07, 6.45) is 4.41. The fourth-order valence-electron chi connectivity index (χ4n) is 2.34. The summed E-state index contributed by atoms with van der Waals surface area (Å²) in [4.78, 5) is 13.2. The maximum absolute atomic E-state index is 10.8. The molecular weight excluding hydrogens is 192 g/mol. The van der Waals surface area contributed by atoms with Crippen LogP contribution in [0.15, 0.2) is 0 Å². The van der Waals surface area contributed by atoms with E-state index in [0.29, 0.717) is 12.5 Å². The van der Waals surface area contributed by atoms with Crippen molar-refractivity contribution < 1.29 is 9.90 Å². The summed E-state index contributed by atoms with van der Waals surface area (Å²) in [5.41, 5.74) is 0. The Hall–Kier alpha value is -0.610. The molecule has 0 radical (unpaired) electrons. The SMILES string of the molecule is CCC1CCCN1CCC(NC)C(=O)O. The van der Waals surface area contributed by atoms with Gasteiger partial charge in [-0.25, -0.2) is 0 Å². The largest absolute Gasteiger partial charge is 0.480 e. The minimum Gasteiger partial charge on any atom is -0.480 e. The summed E-state index contributed by atoms with van der Waals surface area (Å²) < 4.78 is 0. The van der Waals surface area contributed by atoms with Crippen molar-refractivity contribution in [2.45, 2.75) is 44.7 Å². The van der Waals surface area contributed by atoms with Crippen molar-refractivity contribution in [3.8, 4) is 0 Å². The van der Waals surface area contributed by atoms with E-state index in [1.54, 1.807) is 7.05 Å². The van der Waals surface area contributed by atoms with E-state index in [0.717, 1.165) is 13.1 Å². The Morgan fingerprint density at radius 2 is 2.40 bits per heavy atom. The first-order valence-corrected chi connectivity index (χ1v) is 5.83. The molecule has 1 aliphatic heterocycles. The summed E-state index contributed by atoms with van der Waals surface area (Å²) in [6, 6.07) is 0.277. The predicted molar refractivity (Wildman–Crippen MR) is 60.0 cm³/mol. The molecule has 0 aromatic carbocycles. The second-order valence-corrected chi connectivity index (χ2v) is 4.21. The Morgan fingerprint density at radius 3 is 2.93 bits per heavy atom. The number of hydrogen-bond acceptors (Lipinski definition) is 3. The lowest BCUT2D eigenvalue weighted by Crippen LogP contribution is -2.39. The molecule has 1 fully saturated rings. The summed E-state index contributed by atoms with van der Waals surface area (Å²) in [5, 5.41) is 11.7. The van der Waals surface area contributed by atoms with Crippen LogP contribution in [-0.4, -0.2) is 48.2 Å². The molecule has 4 heteroatoms. The van der Waals surface area contributed by atoms with E-state index >= 15 is 0 Å². The van der Waals surface area contributed by atoms with Crippen molar-refractivity contribution in [2.75, 3.05) is 20.1 Å². The first-order valence-electron chi connectivity index (χ1n) is 5.83. The Balaban J connectivity index is 2.32. The van der Waals surface area contributed by atoms with Gasteiger partial charge in [0.2, 0.25) is 0 Å². The molecule has 0 aliphatic carbocycles. The quantitative estimate of drug-likeness (QED) is 0.690. The van der Waals surface area contributed by atoms with Gasteiger partial charge in [-0.2, -0.15) is 0 Å². The fourth-order valence-corrected chi connectivity index (χ4v) is 2.34. The zero-order valence-corrected chi connectivity index (χ0v) is 9.70. The van der Waals surface area contributed by atoms with Gasteiger partial charge in [0.1, 0.15) is 6.04 Å². The molecule has 2 N–H and O–H groups in total. The number of nitrogens with one attached hydrogen (secondary N) is 1. The number of carboxylic acids is 1. The Kier molecular flexibility index (Phi) is 5.05. The number of carboxylic acid groups (broad SMARTS) is 1. The predicted octanol–water partition coefficient (Wildman–Crippen LogP) is 0.923. The molecule has 2 unspecified atom stereocenters. The highest BCUT2D eigenvalue weighted by Crippen LogP contribution is 2.19. The van der Waals surface area contributed by atoms with Gasteiger partial charge in [-0.05, 0) is 39.3 Å². The first-order chi connectivity index (χ1) is 7.19. The zero-order valence-electron chi connectivity index (χ0n) is 9.70. The summed E-state index contributed by atoms with van der Waals surface area (Å²) in [5.74, 6) is -0.746. The number of hydrogen-bond donors (Lipinski definition) is 2. The van der Waals surface area contributed by atoms with Gasteiger partial charge in [-0.3, -0.25) is 4.79 Å². The Labute approximate surface area is 91.6 Å². The second kappa shape index (κ2) is 6.08. The van der Waals surface area contributed by atoms with Crippen LogP contribution in [0.3, 0.4) is 0 Å². The Bertz CT molecular complexity index is 209. The number of rotatable bonds is 6. The number of likely N-dealkylation sites (N-methyl/N-ethyl adjacent to an activating group) is 1. The molecule has 1 rings (SSSR count). The van der Waals surface area contributed by atoms with Gasteiger partial charge in [0, 0.05) is 12.6 Å². The molecule has 2 atom stereocenters. The number of carbonyl (C=O) groups is 1. The highest BCUT2D eigenvalue weighted by Gasteiger charge is 2.24. The molecule has 15 heavy (non-hydrogen) atoms. The maximum atomic E-state index is 10.8.